The predicted octanol–water partition coefficient (Wildman–Crippen LogP) is 1.48. The van der Waals surface area contributed by atoms with Crippen LogP contribution in [0.1, 0.15) is 25.6 Å². The SMILES string of the molecule is CC1(C)OC[C@H]([C@@H](O)C(C)(F)C(=O)n2c(=O)oc3ccccc32)O1. The number of aliphatic hydroxyl groups is 1. The molecule has 2 heterocycles. The van der Waals surface area contributed by atoms with E-state index in [1.165, 1.54) is 12.1 Å². The number of nitrogens with zero attached hydrogens (tertiary/aromatic N) is 1. The van der Waals surface area contributed by atoms with Crippen LogP contribution in [0.5, 0.6) is 0 Å². The zero-order chi connectivity index (χ0) is 17.7. The topological polar surface area (TPSA) is 90.9 Å². The number of oxazole rings is 1. The molecule has 24 heavy (non-hydrogen) atoms. The average molecular weight is 339 g/mol. The second kappa shape index (κ2) is 5.51. The van der Waals surface area contributed by atoms with Crippen LogP contribution in [0.15, 0.2) is 33.5 Å². The Labute approximate surface area is 136 Å². The molecule has 7 nitrogen and oxygen atoms in total. The Morgan fingerprint density at radius 2 is 2.12 bits per heavy atom. The molecule has 1 fully saturated rings. The van der Waals surface area contributed by atoms with E-state index in [2.05, 4.69) is 0 Å². The van der Waals surface area contributed by atoms with Crippen molar-refractivity contribution in [3.8, 4) is 0 Å². The maximum atomic E-state index is 15.1. The lowest BCUT2D eigenvalue weighted by atomic mass is 9.95. The predicted molar refractivity (Wildman–Crippen MR) is 81.5 cm³/mol. The van der Waals surface area contributed by atoms with E-state index in [1.807, 2.05) is 0 Å². The van der Waals surface area contributed by atoms with Crippen molar-refractivity contribution in [2.75, 3.05) is 6.61 Å². The molecular formula is C16H18FNO6. The van der Waals surface area contributed by atoms with Crippen molar-refractivity contribution in [1.82, 2.24) is 4.57 Å². The Morgan fingerprint density at radius 3 is 2.75 bits per heavy atom. The molecule has 1 aromatic heterocycles. The second-order valence-corrected chi connectivity index (χ2v) is 6.36. The van der Waals surface area contributed by atoms with Gasteiger partial charge in [0, 0.05) is 0 Å². The molecule has 130 valence electrons. The summed E-state index contributed by atoms with van der Waals surface area (Å²) >= 11 is 0. The van der Waals surface area contributed by atoms with Gasteiger partial charge in [0.2, 0.25) is 5.67 Å². The Hall–Kier alpha value is -2.03. The number of rotatable bonds is 3. The summed E-state index contributed by atoms with van der Waals surface area (Å²) in [5, 5.41) is 10.3. The van der Waals surface area contributed by atoms with Crippen molar-refractivity contribution in [3.63, 3.8) is 0 Å². The lowest BCUT2D eigenvalue weighted by molar-refractivity contribution is -0.160. The van der Waals surface area contributed by atoms with Crippen LogP contribution in [0.2, 0.25) is 0 Å². The van der Waals surface area contributed by atoms with Crippen molar-refractivity contribution in [3.05, 3.63) is 34.8 Å². The Kier molecular flexibility index (Phi) is 3.86. The number of aliphatic hydroxyl groups excluding tert-OH is 1. The van der Waals surface area contributed by atoms with Gasteiger partial charge in [-0.25, -0.2) is 13.8 Å². The number of aromatic nitrogens is 1. The first-order valence-electron chi connectivity index (χ1n) is 7.47. The number of para-hydroxylation sites is 2. The van der Waals surface area contributed by atoms with E-state index in [0.29, 0.717) is 4.57 Å². The monoisotopic (exact) mass is 339 g/mol. The van der Waals surface area contributed by atoms with Gasteiger partial charge in [0.1, 0.15) is 12.2 Å². The van der Waals surface area contributed by atoms with Crippen molar-refractivity contribution in [2.45, 2.75) is 44.4 Å². The molecule has 0 bridgehead atoms. The van der Waals surface area contributed by atoms with Crippen LogP contribution in [-0.2, 0) is 9.47 Å². The summed E-state index contributed by atoms with van der Waals surface area (Å²) in [4.78, 5) is 24.5. The van der Waals surface area contributed by atoms with Crippen LogP contribution in [-0.4, -0.2) is 45.9 Å². The van der Waals surface area contributed by atoms with Gasteiger partial charge >= 0.3 is 5.76 Å². The summed E-state index contributed by atoms with van der Waals surface area (Å²) in [7, 11) is 0. The van der Waals surface area contributed by atoms with Gasteiger partial charge in [0.25, 0.3) is 5.91 Å². The minimum atomic E-state index is -2.77. The highest BCUT2D eigenvalue weighted by molar-refractivity contribution is 5.94. The Bertz CT molecular complexity index is 836. The van der Waals surface area contributed by atoms with Crippen LogP contribution < -0.4 is 5.76 Å². The first-order valence-corrected chi connectivity index (χ1v) is 7.47. The summed E-state index contributed by atoms with van der Waals surface area (Å²) in [5.74, 6) is -3.22. The molecule has 0 aliphatic carbocycles. The molecule has 1 aliphatic heterocycles. The van der Waals surface area contributed by atoms with Gasteiger partial charge in [-0.05, 0) is 32.9 Å². The number of hydrogen-bond donors (Lipinski definition) is 1. The van der Waals surface area contributed by atoms with Gasteiger partial charge in [-0.2, -0.15) is 0 Å². The normalized spacial score (nSPS) is 24.0. The summed E-state index contributed by atoms with van der Waals surface area (Å²) in [6.45, 7) is 4.07. The highest BCUT2D eigenvalue weighted by Crippen LogP contribution is 2.31. The summed E-state index contributed by atoms with van der Waals surface area (Å²) in [6, 6.07) is 6.15. The summed E-state index contributed by atoms with van der Waals surface area (Å²) < 4.78 is 31.3. The number of benzene rings is 1. The first-order chi connectivity index (χ1) is 11.1. The Morgan fingerprint density at radius 1 is 1.46 bits per heavy atom. The molecule has 1 aromatic carbocycles. The zero-order valence-electron chi connectivity index (χ0n) is 13.5. The van der Waals surface area contributed by atoms with Gasteiger partial charge in [-0.1, -0.05) is 12.1 Å². The third-order valence-electron chi connectivity index (χ3n) is 4.05. The molecule has 3 atom stereocenters. The van der Waals surface area contributed by atoms with E-state index >= 15 is 4.39 Å². The van der Waals surface area contributed by atoms with E-state index in [4.69, 9.17) is 13.9 Å². The lowest BCUT2D eigenvalue weighted by Gasteiger charge is -2.28. The first kappa shape index (κ1) is 16.8. The molecular weight excluding hydrogens is 321 g/mol. The number of ether oxygens (including phenoxy) is 2. The van der Waals surface area contributed by atoms with Gasteiger partial charge in [-0.15, -0.1) is 0 Å². The molecule has 1 N–H and O–H groups in total. The minimum Gasteiger partial charge on any atom is -0.407 e. The van der Waals surface area contributed by atoms with E-state index in [1.54, 1.807) is 26.0 Å². The molecule has 1 unspecified atom stereocenters. The van der Waals surface area contributed by atoms with Crippen LogP contribution in [0.3, 0.4) is 0 Å². The van der Waals surface area contributed by atoms with Gasteiger partial charge in [0.15, 0.2) is 11.4 Å². The largest absolute Gasteiger partial charge is 0.426 e. The number of carbonyl (C=O) groups is 1. The van der Waals surface area contributed by atoms with Gasteiger partial charge in [0.05, 0.1) is 12.1 Å². The average Bonchev–Trinajstić information content (AvgIpc) is 3.04. The zero-order valence-corrected chi connectivity index (χ0v) is 13.5. The highest BCUT2D eigenvalue weighted by Gasteiger charge is 2.51. The molecule has 3 rings (SSSR count). The van der Waals surface area contributed by atoms with E-state index in [9.17, 15) is 14.7 Å². The van der Waals surface area contributed by atoms with Crippen LogP contribution in [0.4, 0.5) is 4.39 Å². The van der Waals surface area contributed by atoms with Crippen molar-refractivity contribution in [2.24, 2.45) is 0 Å². The molecule has 0 spiro atoms. The van der Waals surface area contributed by atoms with E-state index < -0.39 is 35.3 Å². The van der Waals surface area contributed by atoms with E-state index in [0.717, 1.165) is 6.92 Å². The van der Waals surface area contributed by atoms with Crippen LogP contribution in [0.25, 0.3) is 11.1 Å². The third-order valence-corrected chi connectivity index (χ3v) is 4.05. The quantitative estimate of drug-likeness (QED) is 0.911. The third kappa shape index (κ3) is 2.66. The fraction of sp³-hybridized carbons (Fsp3) is 0.500. The Balaban J connectivity index is 1.95. The molecule has 0 saturated carbocycles. The molecule has 2 aromatic rings. The maximum Gasteiger partial charge on any atom is 0.426 e. The second-order valence-electron chi connectivity index (χ2n) is 6.36. The highest BCUT2D eigenvalue weighted by atomic mass is 19.1. The van der Waals surface area contributed by atoms with Gasteiger partial charge in [-0.3, -0.25) is 4.79 Å². The van der Waals surface area contributed by atoms with Crippen molar-refractivity contribution in [1.29, 1.82) is 0 Å². The van der Waals surface area contributed by atoms with Crippen molar-refractivity contribution >= 4 is 17.0 Å². The molecule has 1 saturated heterocycles. The minimum absolute atomic E-state index is 0.0675. The van der Waals surface area contributed by atoms with Crippen molar-refractivity contribution < 1.29 is 28.2 Å². The standard InChI is InChI=1S/C16H18FNO6/c1-15(2)22-8-11(24-15)12(19)16(3,17)13(20)18-9-6-4-5-7-10(9)23-14(18)21/h4-7,11-12,19H,8H2,1-3H3/t11-,12-,16?/m1/s1. The number of halogens is 1. The number of carbonyl (C=O) groups excluding carboxylic acids is 1. The number of alkyl halides is 1. The van der Waals surface area contributed by atoms with E-state index in [-0.39, 0.29) is 17.7 Å². The van der Waals surface area contributed by atoms with Crippen LogP contribution in [0, 0.1) is 0 Å². The fourth-order valence-electron chi connectivity index (χ4n) is 2.72. The van der Waals surface area contributed by atoms with Gasteiger partial charge < -0.3 is 19.0 Å². The lowest BCUT2D eigenvalue weighted by Crippen LogP contribution is -2.53. The van der Waals surface area contributed by atoms with Crippen LogP contribution >= 0.6 is 0 Å². The summed E-state index contributed by atoms with van der Waals surface area (Å²) in [6.07, 6.45) is -2.85. The number of fused-ring (bicyclic) bond motifs is 1. The molecule has 1 aliphatic rings. The fourth-order valence-corrected chi connectivity index (χ4v) is 2.72. The number of hydrogen-bond acceptors (Lipinski definition) is 6. The maximum absolute atomic E-state index is 15.1. The molecule has 0 amide bonds. The molecule has 0 radical (unpaired) electrons. The summed E-state index contributed by atoms with van der Waals surface area (Å²) in [5.41, 5.74) is -2.49. The molecule has 8 heteroatoms. The smallest absolute Gasteiger partial charge is 0.407 e.